The molecule has 0 bridgehead atoms. The molecule has 4 aromatic rings. The molecule has 2 aromatic carbocycles. The molecule has 4 rings (SSSR count). The Morgan fingerprint density at radius 3 is 2.20 bits per heavy atom. The van der Waals surface area contributed by atoms with Gasteiger partial charge in [0.1, 0.15) is 11.3 Å². The lowest BCUT2D eigenvalue weighted by atomic mass is 10.2. The van der Waals surface area contributed by atoms with Gasteiger partial charge in [-0.25, -0.2) is 15.0 Å². The first-order chi connectivity index (χ1) is 14.3. The van der Waals surface area contributed by atoms with E-state index in [4.69, 9.17) is 5.73 Å². The molecular formula is C20H18F3N5S2. The summed E-state index contributed by atoms with van der Waals surface area (Å²) < 4.78 is 37.6. The van der Waals surface area contributed by atoms with Gasteiger partial charge in [-0.05, 0) is 49.6 Å². The van der Waals surface area contributed by atoms with Crippen LogP contribution in [0.4, 0.5) is 29.8 Å². The van der Waals surface area contributed by atoms with Crippen molar-refractivity contribution in [2.24, 2.45) is 0 Å². The van der Waals surface area contributed by atoms with Gasteiger partial charge in [0, 0.05) is 10.6 Å². The SMILES string of the molecule is CSc1ccccc1.Cc1nc(Nc2ccc(C(F)(F)F)cc2)c2nc(N)sc2n1. The minimum atomic E-state index is -4.36. The summed E-state index contributed by atoms with van der Waals surface area (Å²) in [5, 5.41) is 3.30. The number of aryl methyl sites for hydroxylation is 1. The Morgan fingerprint density at radius 1 is 0.967 bits per heavy atom. The van der Waals surface area contributed by atoms with Gasteiger partial charge in [-0.15, -0.1) is 11.8 Å². The molecular weight excluding hydrogens is 431 g/mol. The average Bonchev–Trinajstić information content (AvgIpc) is 3.09. The van der Waals surface area contributed by atoms with Crippen LogP contribution in [-0.4, -0.2) is 21.2 Å². The molecule has 0 atom stereocenters. The zero-order valence-corrected chi connectivity index (χ0v) is 17.7. The molecule has 5 nitrogen and oxygen atoms in total. The van der Waals surface area contributed by atoms with Crippen molar-refractivity contribution in [3.63, 3.8) is 0 Å². The lowest BCUT2D eigenvalue weighted by Gasteiger charge is -2.09. The molecule has 10 heteroatoms. The molecule has 0 radical (unpaired) electrons. The number of nitrogen functional groups attached to an aromatic ring is 1. The summed E-state index contributed by atoms with van der Waals surface area (Å²) in [5.74, 6) is 0.931. The second-order valence-corrected chi connectivity index (χ2v) is 7.93. The van der Waals surface area contributed by atoms with Crippen molar-refractivity contribution in [1.82, 2.24) is 15.0 Å². The first kappa shape index (κ1) is 21.8. The highest BCUT2D eigenvalue weighted by Gasteiger charge is 2.30. The number of aromatic nitrogens is 3. The number of hydrogen-bond acceptors (Lipinski definition) is 7. The molecule has 0 unspecified atom stereocenters. The Labute approximate surface area is 179 Å². The van der Waals surface area contributed by atoms with E-state index >= 15 is 0 Å². The van der Waals surface area contributed by atoms with Crippen LogP contribution in [0.15, 0.2) is 59.5 Å². The van der Waals surface area contributed by atoms with E-state index in [-0.39, 0.29) is 0 Å². The van der Waals surface area contributed by atoms with E-state index in [1.54, 1.807) is 18.7 Å². The van der Waals surface area contributed by atoms with Crippen LogP contribution in [0.5, 0.6) is 0 Å². The molecule has 0 aliphatic rings. The van der Waals surface area contributed by atoms with Gasteiger partial charge in [0.2, 0.25) is 0 Å². The van der Waals surface area contributed by atoms with E-state index < -0.39 is 11.7 Å². The highest BCUT2D eigenvalue weighted by Crippen LogP contribution is 2.32. The molecule has 2 heterocycles. The lowest BCUT2D eigenvalue weighted by Crippen LogP contribution is -2.04. The van der Waals surface area contributed by atoms with Gasteiger partial charge in [0.15, 0.2) is 15.8 Å². The van der Waals surface area contributed by atoms with Crippen LogP contribution in [-0.2, 0) is 6.18 Å². The summed E-state index contributed by atoms with van der Waals surface area (Å²) in [5.41, 5.74) is 5.91. The fraction of sp³-hybridized carbons (Fsp3) is 0.150. The van der Waals surface area contributed by atoms with Crippen LogP contribution in [0, 0.1) is 6.92 Å². The largest absolute Gasteiger partial charge is 0.416 e. The van der Waals surface area contributed by atoms with Crippen molar-refractivity contribution in [1.29, 1.82) is 0 Å². The standard InChI is InChI=1S/C13H10F3N5S.C7H8S/c1-6-18-10(9-11(19-6)22-12(17)21-9)20-8-4-2-7(3-5-8)13(14,15)16;1-8-7-5-3-2-4-6-7/h2-5H,1H3,(H2,17,21)(H,18,19,20);2-6H,1H3. The fourth-order valence-corrected chi connectivity index (χ4v) is 3.65. The summed E-state index contributed by atoms with van der Waals surface area (Å²) in [6.45, 7) is 1.72. The van der Waals surface area contributed by atoms with Crippen LogP contribution in [0.3, 0.4) is 0 Å². The van der Waals surface area contributed by atoms with Crippen molar-refractivity contribution in [3.05, 3.63) is 66.0 Å². The third-order valence-corrected chi connectivity index (χ3v) is 5.36. The zero-order chi connectivity index (χ0) is 21.7. The van der Waals surface area contributed by atoms with Crippen molar-refractivity contribution in [2.45, 2.75) is 18.0 Å². The molecule has 0 spiro atoms. The summed E-state index contributed by atoms with van der Waals surface area (Å²) in [7, 11) is 0. The summed E-state index contributed by atoms with van der Waals surface area (Å²) in [4.78, 5) is 14.5. The number of halogens is 3. The molecule has 0 aliphatic heterocycles. The number of fused-ring (bicyclic) bond motifs is 1. The van der Waals surface area contributed by atoms with Gasteiger partial charge < -0.3 is 11.1 Å². The highest BCUT2D eigenvalue weighted by atomic mass is 32.2. The van der Waals surface area contributed by atoms with Crippen LogP contribution in [0.25, 0.3) is 10.3 Å². The minimum Gasteiger partial charge on any atom is -0.375 e. The topological polar surface area (TPSA) is 76.7 Å². The Morgan fingerprint density at radius 2 is 1.63 bits per heavy atom. The Kier molecular flexibility index (Phi) is 6.78. The number of thiazole rings is 1. The molecule has 156 valence electrons. The summed E-state index contributed by atoms with van der Waals surface area (Å²) in [6.07, 6.45) is -2.28. The van der Waals surface area contributed by atoms with E-state index in [1.807, 2.05) is 18.2 Å². The molecule has 0 saturated heterocycles. The molecule has 0 aliphatic carbocycles. The van der Waals surface area contributed by atoms with Crippen LogP contribution < -0.4 is 11.1 Å². The van der Waals surface area contributed by atoms with E-state index in [2.05, 4.69) is 38.7 Å². The number of hydrogen-bond donors (Lipinski definition) is 2. The van der Waals surface area contributed by atoms with Crippen LogP contribution in [0.1, 0.15) is 11.4 Å². The maximum atomic E-state index is 12.5. The number of nitrogens with two attached hydrogens (primary N) is 1. The maximum Gasteiger partial charge on any atom is 0.416 e. The number of rotatable bonds is 3. The zero-order valence-electron chi connectivity index (χ0n) is 16.1. The van der Waals surface area contributed by atoms with Gasteiger partial charge in [-0.2, -0.15) is 13.2 Å². The number of nitrogens with one attached hydrogen (secondary N) is 1. The number of benzene rings is 2. The molecule has 3 N–H and O–H groups in total. The Hall–Kier alpha value is -2.85. The van der Waals surface area contributed by atoms with Crippen LogP contribution in [0.2, 0.25) is 0 Å². The molecule has 30 heavy (non-hydrogen) atoms. The molecule has 0 amide bonds. The minimum absolute atomic E-state index is 0.352. The van der Waals surface area contributed by atoms with Gasteiger partial charge in [0.25, 0.3) is 0 Å². The molecule has 0 saturated carbocycles. The monoisotopic (exact) mass is 449 g/mol. The van der Waals surface area contributed by atoms with E-state index in [1.165, 1.54) is 28.4 Å². The normalized spacial score (nSPS) is 11.1. The molecule has 0 fully saturated rings. The second kappa shape index (κ2) is 9.31. The predicted octanol–water partition coefficient (Wildman–Crippen LogP) is 6.15. The van der Waals surface area contributed by atoms with E-state index in [0.717, 1.165) is 12.1 Å². The van der Waals surface area contributed by atoms with Gasteiger partial charge in [-0.1, -0.05) is 29.5 Å². The molecule has 2 aromatic heterocycles. The average molecular weight is 450 g/mol. The number of alkyl halides is 3. The highest BCUT2D eigenvalue weighted by molar-refractivity contribution is 7.98. The van der Waals surface area contributed by atoms with Crippen molar-refractivity contribution < 1.29 is 13.2 Å². The van der Waals surface area contributed by atoms with Gasteiger partial charge >= 0.3 is 6.18 Å². The van der Waals surface area contributed by atoms with E-state index in [9.17, 15) is 13.2 Å². The third-order valence-electron chi connectivity index (χ3n) is 3.84. The predicted molar refractivity (Wildman–Crippen MR) is 117 cm³/mol. The van der Waals surface area contributed by atoms with Crippen molar-refractivity contribution in [3.8, 4) is 0 Å². The number of anilines is 3. The second-order valence-electron chi connectivity index (χ2n) is 6.04. The smallest absolute Gasteiger partial charge is 0.375 e. The first-order valence-electron chi connectivity index (χ1n) is 8.70. The van der Waals surface area contributed by atoms with Crippen LogP contribution >= 0.6 is 23.1 Å². The van der Waals surface area contributed by atoms with Crippen molar-refractivity contribution >= 4 is 50.1 Å². The first-order valence-corrected chi connectivity index (χ1v) is 10.7. The third kappa shape index (κ3) is 5.61. The number of nitrogens with zero attached hydrogens (tertiary/aromatic N) is 3. The lowest BCUT2D eigenvalue weighted by molar-refractivity contribution is -0.137. The van der Waals surface area contributed by atoms with Gasteiger partial charge in [0.05, 0.1) is 5.56 Å². The summed E-state index contributed by atoms with van der Waals surface area (Å²) in [6, 6.07) is 15.0. The van der Waals surface area contributed by atoms with E-state index in [0.29, 0.717) is 32.8 Å². The Balaban J connectivity index is 0.000000269. The number of thioether (sulfide) groups is 1. The fourth-order valence-electron chi connectivity index (χ4n) is 2.47. The quantitative estimate of drug-likeness (QED) is 0.366. The summed E-state index contributed by atoms with van der Waals surface area (Å²) >= 11 is 2.99. The van der Waals surface area contributed by atoms with Crippen molar-refractivity contribution in [2.75, 3.05) is 17.3 Å². The van der Waals surface area contributed by atoms with Gasteiger partial charge in [-0.3, -0.25) is 0 Å². The maximum absolute atomic E-state index is 12.5. The Bertz CT molecular complexity index is 1110.